The first-order chi connectivity index (χ1) is 8.85. The van der Waals surface area contributed by atoms with Crippen molar-refractivity contribution in [2.45, 2.75) is 48.8 Å². The summed E-state index contributed by atoms with van der Waals surface area (Å²) < 4.78 is 0. The zero-order valence-electron chi connectivity index (χ0n) is 11.2. The number of hydrogen-bond acceptors (Lipinski definition) is 2. The minimum Gasteiger partial charge on any atom is -0.313 e. The van der Waals surface area contributed by atoms with Gasteiger partial charge in [-0.05, 0) is 43.9 Å². The lowest BCUT2D eigenvalue weighted by Gasteiger charge is -2.23. The second kappa shape index (κ2) is 7.01. The molecule has 0 amide bonds. The van der Waals surface area contributed by atoms with Gasteiger partial charge in [0.2, 0.25) is 0 Å². The summed E-state index contributed by atoms with van der Waals surface area (Å²) in [5.74, 6) is 0. The zero-order valence-corrected chi connectivity index (χ0v) is 12.0. The van der Waals surface area contributed by atoms with Crippen molar-refractivity contribution in [2.75, 3.05) is 6.54 Å². The summed E-state index contributed by atoms with van der Waals surface area (Å²) in [6, 6.07) is 9.43. The van der Waals surface area contributed by atoms with Crippen LogP contribution in [-0.4, -0.2) is 17.8 Å². The van der Waals surface area contributed by atoms with Gasteiger partial charge in [0.25, 0.3) is 0 Å². The van der Waals surface area contributed by atoms with E-state index in [4.69, 9.17) is 0 Å². The molecule has 0 spiro atoms. The molecular formula is C16H23NS. The SMILES string of the molecule is C=CCCC(NCCC)C1Cc2ccccc2S1. The van der Waals surface area contributed by atoms with Crippen molar-refractivity contribution >= 4 is 11.8 Å². The Kier molecular flexibility index (Phi) is 5.33. The van der Waals surface area contributed by atoms with E-state index in [-0.39, 0.29) is 0 Å². The number of fused-ring (bicyclic) bond motifs is 1. The van der Waals surface area contributed by atoms with Gasteiger partial charge in [-0.1, -0.05) is 31.2 Å². The molecule has 0 fully saturated rings. The van der Waals surface area contributed by atoms with Crippen molar-refractivity contribution in [2.24, 2.45) is 0 Å². The predicted octanol–water partition coefficient (Wildman–Crippen LogP) is 4.04. The van der Waals surface area contributed by atoms with Gasteiger partial charge in [0.05, 0.1) is 0 Å². The Labute approximate surface area is 115 Å². The van der Waals surface area contributed by atoms with Crippen molar-refractivity contribution < 1.29 is 0 Å². The molecule has 0 radical (unpaired) electrons. The van der Waals surface area contributed by atoms with Gasteiger partial charge in [0.15, 0.2) is 0 Å². The first-order valence-corrected chi connectivity index (χ1v) is 7.82. The van der Waals surface area contributed by atoms with Gasteiger partial charge in [0.1, 0.15) is 0 Å². The van der Waals surface area contributed by atoms with E-state index in [1.54, 1.807) is 0 Å². The normalized spacial score (nSPS) is 19.5. The second-order valence-corrected chi connectivity index (χ2v) is 6.18. The van der Waals surface area contributed by atoms with Crippen LogP contribution in [0.1, 0.15) is 31.7 Å². The quantitative estimate of drug-likeness (QED) is 0.744. The van der Waals surface area contributed by atoms with E-state index in [1.807, 2.05) is 17.8 Å². The van der Waals surface area contributed by atoms with E-state index in [1.165, 1.54) is 29.7 Å². The van der Waals surface area contributed by atoms with E-state index in [0.29, 0.717) is 11.3 Å². The molecule has 0 saturated heterocycles. The average molecular weight is 261 g/mol. The third kappa shape index (κ3) is 3.39. The Bertz CT molecular complexity index is 363. The van der Waals surface area contributed by atoms with Gasteiger partial charge >= 0.3 is 0 Å². The van der Waals surface area contributed by atoms with Gasteiger partial charge in [-0.25, -0.2) is 0 Å². The Morgan fingerprint density at radius 1 is 1.50 bits per heavy atom. The zero-order chi connectivity index (χ0) is 12.8. The van der Waals surface area contributed by atoms with Crippen molar-refractivity contribution in [3.8, 4) is 0 Å². The van der Waals surface area contributed by atoms with Crippen LogP contribution in [0.3, 0.4) is 0 Å². The third-order valence-electron chi connectivity index (χ3n) is 3.46. The predicted molar refractivity (Wildman–Crippen MR) is 81.3 cm³/mol. The van der Waals surface area contributed by atoms with Crippen molar-refractivity contribution in [3.05, 3.63) is 42.5 Å². The summed E-state index contributed by atoms with van der Waals surface area (Å²) >= 11 is 2.05. The second-order valence-electron chi connectivity index (χ2n) is 4.89. The van der Waals surface area contributed by atoms with Crippen LogP contribution in [0.15, 0.2) is 41.8 Å². The Morgan fingerprint density at radius 3 is 3.06 bits per heavy atom. The number of thioether (sulfide) groups is 1. The molecule has 1 nitrogen and oxygen atoms in total. The average Bonchev–Trinajstić information content (AvgIpc) is 2.82. The fourth-order valence-corrected chi connectivity index (χ4v) is 3.93. The third-order valence-corrected chi connectivity index (χ3v) is 4.91. The van der Waals surface area contributed by atoms with Crippen LogP contribution in [0.5, 0.6) is 0 Å². The first-order valence-electron chi connectivity index (χ1n) is 6.94. The highest BCUT2D eigenvalue weighted by Crippen LogP contribution is 2.39. The van der Waals surface area contributed by atoms with Gasteiger partial charge in [-0.15, -0.1) is 18.3 Å². The molecule has 0 bridgehead atoms. The number of rotatable bonds is 7. The highest BCUT2D eigenvalue weighted by molar-refractivity contribution is 8.00. The summed E-state index contributed by atoms with van der Waals surface area (Å²) in [5, 5.41) is 4.40. The van der Waals surface area contributed by atoms with Crippen molar-refractivity contribution in [3.63, 3.8) is 0 Å². The molecule has 2 unspecified atom stereocenters. The van der Waals surface area contributed by atoms with Crippen LogP contribution in [0.4, 0.5) is 0 Å². The molecule has 1 heterocycles. The van der Waals surface area contributed by atoms with E-state index < -0.39 is 0 Å². The van der Waals surface area contributed by atoms with Crippen LogP contribution in [0.25, 0.3) is 0 Å². The maximum atomic E-state index is 3.84. The molecule has 1 N–H and O–H groups in total. The number of benzene rings is 1. The van der Waals surface area contributed by atoms with Crippen LogP contribution in [0, 0.1) is 0 Å². The van der Waals surface area contributed by atoms with E-state index >= 15 is 0 Å². The molecule has 1 aliphatic heterocycles. The summed E-state index contributed by atoms with van der Waals surface area (Å²) in [4.78, 5) is 1.48. The Hall–Kier alpha value is -0.730. The molecule has 2 rings (SSSR count). The largest absolute Gasteiger partial charge is 0.313 e. The van der Waals surface area contributed by atoms with Crippen molar-refractivity contribution in [1.29, 1.82) is 0 Å². The van der Waals surface area contributed by atoms with Crippen LogP contribution in [0.2, 0.25) is 0 Å². The highest BCUT2D eigenvalue weighted by Gasteiger charge is 2.28. The first kappa shape index (κ1) is 13.7. The summed E-state index contributed by atoms with van der Waals surface area (Å²) in [7, 11) is 0. The molecule has 1 aliphatic rings. The molecule has 1 aromatic rings. The molecule has 2 heteroatoms. The summed E-state index contributed by atoms with van der Waals surface area (Å²) in [6.07, 6.45) is 6.76. The summed E-state index contributed by atoms with van der Waals surface area (Å²) in [5.41, 5.74) is 1.52. The molecule has 2 atom stereocenters. The minimum atomic E-state index is 0.611. The fourth-order valence-electron chi connectivity index (χ4n) is 2.48. The van der Waals surface area contributed by atoms with Crippen molar-refractivity contribution in [1.82, 2.24) is 5.32 Å². The van der Waals surface area contributed by atoms with E-state index in [9.17, 15) is 0 Å². The lowest BCUT2D eigenvalue weighted by atomic mass is 10.0. The number of nitrogens with one attached hydrogen (secondary N) is 1. The molecular weight excluding hydrogens is 238 g/mol. The molecule has 1 aromatic carbocycles. The van der Waals surface area contributed by atoms with Crippen LogP contribution >= 0.6 is 11.8 Å². The standard InChI is InChI=1S/C16H23NS/c1-3-5-9-14(17-11-4-2)16-12-13-8-6-7-10-15(13)18-16/h3,6-8,10,14,16-17H,1,4-5,9,11-12H2,2H3. The molecule has 0 aliphatic carbocycles. The van der Waals surface area contributed by atoms with E-state index in [0.717, 1.165) is 13.0 Å². The topological polar surface area (TPSA) is 12.0 Å². The van der Waals surface area contributed by atoms with Gasteiger partial charge < -0.3 is 5.32 Å². The minimum absolute atomic E-state index is 0.611. The number of hydrogen-bond donors (Lipinski definition) is 1. The molecule has 98 valence electrons. The fraction of sp³-hybridized carbons (Fsp3) is 0.500. The number of allylic oxidation sites excluding steroid dienone is 1. The van der Waals surface area contributed by atoms with Gasteiger partial charge in [-0.3, -0.25) is 0 Å². The monoisotopic (exact) mass is 261 g/mol. The lowest BCUT2D eigenvalue weighted by Crippen LogP contribution is -2.38. The molecule has 18 heavy (non-hydrogen) atoms. The maximum absolute atomic E-state index is 3.84. The smallest absolute Gasteiger partial charge is 0.0289 e. The van der Waals surface area contributed by atoms with Crippen LogP contribution < -0.4 is 5.32 Å². The Balaban J connectivity index is 1.97. The van der Waals surface area contributed by atoms with Gasteiger partial charge in [0, 0.05) is 16.2 Å². The highest BCUT2D eigenvalue weighted by atomic mass is 32.2. The lowest BCUT2D eigenvalue weighted by molar-refractivity contribution is 0.469. The molecule has 0 saturated carbocycles. The Morgan fingerprint density at radius 2 is 2.33 bits per heavy atom. The van der Waals surface area contributed by atoms with Crippen LogP contribution in [-0.2, 0) is 6.42 Å². The van der Waals surface area contributed by atoms with Gasteiger partial charge in [-0.2, -0.15) is 0 Å². The van der Waals surface area contributed by atoms with E-state index in [2.05, 4.69) is 43.1 Å². The molecule has 0 aromatic heterocycles. The maximum Gasteiger partial charge on any atom is 0.0289 e. The summed E-state index contributed by atoms with van der Waals surface area (Å²) in [6.45, 7) is 7.19.